The molecule has 1 aromatic carbocycles. The van der Waals surface area contributed by atoms with Crippen LogP contribution in [0, 0.1) is 0 Å². The predicted octanol–water partition coefficient (Wildman–Crippen LogP) is 2.42. The second kappa shape index (κ2) is 6.52. The largest absolute Gasteiger partial charge is 0.344 e. The van der Waals surface area contributed by atoms with Crippen molar-refractivity contribution in [2.75, 3.05) is 19.0 Å². The molecule has 20 heavy (non-hydrogen) atoms. The Labute approximate surface area is 120 Å². The summed E-state index contributed by atoms with van der Waals surface area (Å²) in [5.41, 5.74) is 1.33. The fraction of sp³-hybridized carbons (Fsp3) is 0.467. The van der Waals surface area contributed by atoms with Gasteiger partial charge < -0.3 is 14.7 Å². The van der Waals surface area contributed by atoms with E-state index >= 15 is 0 Å². The zero-order valence-corrected chi connectivity index (χ0v) is 12.5. The maximum absolute atomic E-state index is 5.20. The molecule has 0 bridgehead atoms. The van der Waals surface area contributed by atoms with Gasteiger partial charge in [-0.2, -0.15) is 4.98 Å². The summed E-state index contributed by atoms with van der Waals surface area (Å²) in [6.07, 6.45) is 0. The van der Waals surface area contributed by atoms with E-state index in [2.05, 4.69) is 53.6 Å². The van der Waals surface area contributed by atoms with Crippen LogP contribution < -0.4 is 10.2 Å². The molecular weight excluding hydrogens is 252 g/mol. The van der Waals surface area contributed by atoms with E-state index in [9.17, 15) is 0 Å². The van der Waals surface area contributed by atoms with Gasteiger partial charge in [-0.25, -0.2) is 0 Å². The summed E-state index contributed by atoms with van der Waals surface area (Å²) in [7, 11) is 3.78. The van der Waals surface area contributed by atoms with Crippen LogP contribution in [0.3, 0.4) is 0 Å². The van der Waals surface area contributed by atoms with Crippen LogP contribution >= 0.6 is 0 Å². The van der Waals surface area contributed by atoms with Crippen LogP contribution in [0.5, 0.6) is 0 Å². The molecule has 1 N–H and O–H groups in total. The van der Waals surface area contributed by atoms with Crippen molar-refractivity contribution in [1.29, 1.82) is 0 Å². The van der Waals surface area contributed by atoms with Crippen molar-refractivity contribution in [3.05, 3.63) is 41.8 Å². The zero-order chi connectivity index (χ0) is 14.5. The minimum Gasteiger partial charge on any atom is -0.344 e. The number of hydrogen-bond donors (Lipinski definition) is 1. The van der Waals surface area contributed by atoms with Crippen LogP contribution in [-0.4, -0.2) is 30.3 Å². The Morgan fingerprint density at radius 1 is 1.20 bits per heavy atom. The number of hydrogen-bond acceptors (Lipinski definition) is 5. The lowest BCUT2D eigenvalue weighted by molar-refractivity contribution is 0.352. The molecule has 1 heterocycles. The lowest BCUT2D eigenvalue weighted by atomic mass is 9.94. The molecule has 2 rings (SSSR count). The van der Waals surface area contributed by atoms with Gasteiger partial charge in [0, 0.05) is 20.1 Å². The molecule has 0 aliphatic carbocycles. The van der Waals surface area contributed by atoms with Crippen molar-refractivity contribution >= 4 is 5.95 Å². The van der Waals surface area contributed by atoms with Gasteiger partial charge in [0.2, 0.25) is 5.89 Å². The molecule has 1 aromatic heterocycles. The number of nitrogens with one attached hydrogen (secondary N) is 1. The first-order valence-corrected chi connectivity index (χ1v) is 6.86. The lowest BCUT2D eigenvalue weighted by Gasteiger charge is -2.20. The number of aromatic nitrogens is 2. The Kier molecular flexibility index (Phi) is 4.74. The summed E-state index contributed by atoms with van der Waals surface area (Å²) >= 11 is 0. The first-order valence-electron chi connectivity index (χ1n) is 6.86. The van der Waals surface area contributed by atoms with E-state index in [1.54, 1.807) is 0 Å². The monoisotopic (exact) mass is 274 g/mol. The summed E-state index contributed by atoms with van der Waals surface area (Å²) in [5.74, 6) is 1.64. The third-order valence-corrected chi connectivity index (χ3v) is 3.51. The number of anilines is 1. The Balaban J connectivity index is 1.89. The van der Waals surface area contributed by atoms with Gasteiger partial charge in [-0.3, -0.25) is 0 Å². The van der Waals surface area contributed by atoms with Gasteiger partial charge in [-0.05, 0) is 23.6 Å². The average molecular weight is 274 g/mol. The highest BCUT2D eigenvalue weighted by atomic mass is 16.5. The van der Waals surface area contributed by atoms with Gasteiger partial charge in [-0.1, -0.05) is 37.3 Å². The van der Waals surface area contributed by atoms with Crippen molar-refractivity contribution in [1.82, 2.24) is 15.5 Å². The SMILES string of the molecule is CC(NCc1nc(N(C)C)no1)C(C)c1ccccc1. The molecule has 0 aliphatic heterocycles. The van der Waals surface area contributed by atoms with Crippen molar-refractivity contribution < 1.29 is 4.52 Å². The molecule has 0 spiro atoms. The van der Waals surface area contributed by atoms with E-state index in [1.165, 1.54) is 5.56 Å². The second-order valence-corrected chi connectivity index (χ2v) is 5.25. The standard InChI is InChI=1S/C15H22N4O/c1-11(13-8-6-5-7-9-13)12(2)16-10-14-17-15(18-20-14)19(3)4/h5-9,11-12,16H,10H2,1-4H3. The molecule has 0 saturated heterocycles. The molecule has 2 aromatic rings. The summed E-state index contributed by atoms with van der Waals surface area (Å²) in [6.45, 7) is 4.96. The van der Waals surface area contributed by atoms with Gasteiger partial charge in [0.25, 0.3) is 5.95 Å². The fourth-order valence-electron chi connectivity index (χ4n) is 1.97. The maximum atomic E-state index is 5.20. The third-order valence-electron chi connectivity index (χ3n) is 3.51. The van der Waals surface area contributed by atoms with Gasteiger partial charge in [0.05, 0.1) is 6.54 Å². The van der Waals surface area contributed by atoms with Crippen LogP contribution in [0.2, 0.25) is 0 Å². The predicted molar refractivity (Wildman–Crippen MR) is 79.8 cm³/mol. The van der Waals surface area contributed by atoms with E-state index in [0.717, 1.165) is 0 Å². The molecule has 0 fully saturated rings. The normalized spacial score (nSPS) is 14.0. The van der Waals surface area contributed by atoms with Crippen LogP contribution in [0.1, 0.15) is 31.2 Å². The van der Waals surface area contributed by atoms with Gasteiger partial charge in [0.15, 0.2) is 0 Å². The minimum absolute atomic E-state index is 0.326. The molecule has 5 heteroatoms. The molecule has 0 amide bonds. The summed E-state index contributed by atoms with van der Waals surface area (Å²) in [4.78, 5) is 6.12. The summed E-state index contributed by atoms with van der Waals surface area (Å²) in [6, 6.07) is 10.8. The molecule has 5 nitrogen and oxygen atoms in total. The van der Waals surface area contributed by atoms with E-state index < -0.39 is 0 Å². The number of rotatable bonds is 6. The molecule has 0 aliphatic rings. The topological polar surface area (TPSA) is 54.2 Å². The summed E-state index contributed by atoms with van der Waals surface area (Å²) < 4.78 is 5.20. The number of benzene rings is 1. The Bertz CT molecular complexity index is 524. The molecule has 2 unspecified atom stereocenters. The lowest BCUT2D eigenvalue weighted by Crippen LogP contribution is -2.30. The van der Waals surface area contributed by atoms with E-state index in [4.69, 9.17) is 4.52 Å². The Morgan fingerprint density at radius 2 is 1.90 bits per heavy atom. The van der Waals surface area contributed by atoms with Crippen molar-refractivity contribution in [3.8, 4) is 0 Å². The molecule has 0 radical (unpaired) electrons. The van der Waals surface area contributed by atoms with Crippen molar-refractivity contribution in [2.24, 2.45) is 0 Å². The van der Waals surface area contributed by atoms with Gasteiger partial charge in [-0.15, -0.1) is 0 Å². The van der Waals surface area contributed by atoms with E-state index in [-0.39, 0.29) is 0 Å². The molecule has 0 saturated carbocycles. The first-order chi connectivity index (χ1) is 9.58. The molecule has 2 atom stereocenters. The average Bonchev–Trinajstić information content (AvgIpc) is 2.94. The Morgan fingerprint density at radius 3 is 2.50 bits per heavy atom. The van der Waals surface area contributed by atoms with Crippen LogP contribution in [-0.2, 0) is 6.54 Å². The maximum Gasteiger partial charge on any atom is 0.265 e. The second-order valence-electron chi connectivity index (χ2n) is 5.25. The van der Waals surface area contributed by atoms with Gasteiger partial charge in [0.1, 0.15) is 0 Å². The molecular formula is C15H22N4O. The summed E-state index contributed by atoms with van der Waals surface area (Å²) in [5, 5.41) is 7.33. The number of nitrogens with zero attached hydrogens (tertiary/aromatic N) is 3. The van der Waals surface area contributed by atoms with Crippen molar-refractivity contribution in [3.63, 3.8) is 0 Å². The van der Waals surface area contributed by atoms with Crippen LogP contribution in [0.4, 0.5) is 5.95 Å². The fourth-order valence-corrected chi connectivity index (χ4v) is 1.97. The van der Waals surface area contributed by atoms with Crippen molar-refractivity contribution in [2.45, 2.75) is 32.4 Å². The highest BCUT2D eigenvalue weighted by Gasteiger charge is 2.15. The Hall–Kier alpha value is -1.88. The minimum atomic E-state index is 0.326. The zero-order valence-electron chi connectivity index (χ0n) is 12.5. The third kappa shape index (κ3) is 3.57. The van der Waals surface area contributed by atoms with Crippen LogP contribution in [0.25, 0.3) is 0 Å². The van der Waals surface area contributed by atoms with E-state index in [1.807, 2.05) is 25.1 Å². The van der Waals surface area contributed by atoms with Crippen LogP contribution in [0.15, 0.2) is 34.9 Å². The molecule has 108 valence electrons. The smallest absolute Gasteiger partial charge is 0.265 e. The highest BCUT2D eigenvalue weighted by Crippen LogP contribution is 2.18. The first kappa shape index (κ1) is 14.5. The van der Waals surface area contributed by atoms with Gasteiger partial charge >= 0.3 is 0 Å². The van der Waals surface area contributed by atoms with E-state index in [0.29, 0.717) is 30.3 Å². The highest BCUT2D eigenvalue weighted by molar-refractivity contribution is 5.23. The quantitative estimate of drug-likeness (QED) is 0.876.